The molecule has 6 nitrogen and oxygen atoms in total. The highest BCUT2D eigenvalue weighted by Gasteiger charge is 2.19. The molecule has 0 fully saturated rings. The zero-order valence-electron chi connectivity index (χ0n) is 11.2. The van der Waals surface area contributed by atoms with Crippen LogP contribution >= 0.6 is 0 Å². The highest BCUT2D eigenvalue weighted by Crippen LogP contribution is 2.18. The number of fused-ring (bicyclic) bond motifs is 1. The fourth-order valence-electron chi connectivity index (χ4n) is 1.98. The van der Waals surface area contributed by atoms with Crippen molar-refractivity contribution in [3.8, 4) is 0 Å². The van der Waals surface area contributed by atoms with Gasteiger partial charge in [0.25, 0.3) is 5.91 Å². The number of amides is 1. The number of nitrogens with zero attached hydrogens (tertiary/aromatic N) is 1. The van der Waals surface area contributed by atoms with Gasteiger partial charge in [0, 0.05) is 5.39 Å². The van der Waals surface area contributed by atoms with Crippen molar-refractivity contribution >= 4 is 22.7 Å². The highest BCUT2D eigenvalue weighted by molar-refractivity contribution is 5.99. The van der Waals surface area contributed by atoms with Gasteiger partial charge in [-0.2, -0.15) is 0 Å². The van der Waals surface area contributed by atoms with Gasteiger partial charge in [0.05, 0.1) is 6.04 Å². The van der Waals surface area contributed by atoms with E-state index in [2.05, 4.69) is 10.5 Å². The Bertz CT molecular complexity index is 600. The third-order valence-electron chi connectivity index (χ3n) is 3.00. The average molecular weight is 275 g/mol. The van der Waals surface area contributed by atoms with Crippen LogP contribution < -0.4 is 11.1 Å². The van der Waals surface area contributed by atoms with Gasteiger partial charge in [0.1, 0.15) is 5.58 Å². The van der Waals surface area contributed by atoms with Crippen LogP contribution in [0.2, 0.25) is 0 Å². The Kier molecular flexibility index (Phi) is 4.24. The van der Waals surface area contributed by atoms with Crippen LogP contribution in [0, 0.1) is 0 Å². The lowest BCUT2D eigenvalue weighted by Crippen LogP contribution is -2.44. The van der Waals surface area contributed by atoms with Gasteiger partial charge in [-0.1, -0.05) is 36.7 Å². The summed E-state index contributed by atoms with van der Waals surface area (Å²) in [6.07, 6.45) is 1.38. The number of para-hydroxylation sites is 1. The maximum atomic E-state index is 12.1. The Morgan fingerprint density at radius 1 is 1.50 bits per heavy atom. The van der Waals surface area contributed by atoms with Gasteiger partial charge in [0.2, 0.25) is 0 Å². The first-order valence-electron chi connectivity index (χ1n) is 6.42. The molecule has 6 heteroatoms. The van der Waals surface area contributed by atoms with E-state index in [1.165, 1.54) is 0 Å². The first-order chi connectivity index (χ1) is 9.65. The van der Waals surface area contributed by atoms with Crippen molar-refractivity contribution in [2.24, 2.45) is 10.9 Å². The molecule has 20 heavy (non-hydrogen) atoms. The second-order valence-corrected chi connectivity index (χ2v) is 4.49. The summed E-state index contributed by atoms with van der Waals surface area (Å²) in [5.41, 5.74) is 6.21. The van der Waals surface area contributed by atoms with Crippen LogP contribution in [0.1, 0.15) is 30.3 Å². The lowest BCUT2D eigenvalue weighted by atomic mass is 10.1. The number of nitrogens with two attached hydrogens (primary N) is 1. The number of carbonyl (C=O) groups excluding carboxylic acids is 1. The standard InChI is InChI=1S/C14H17N3O3/c1-2-5-10(13(15)17-19)16-14(18)12-8-9-6-3-4-7-11(9)20-12/h3-4,6-8,10,19H,2,5H2,1H3,(H2,15,17)(H,16,18). The number of furan rings is 1. The number of hydrogen-bond donors (Lipinski definition) is 3. The summed E-state index contributed by atoms with van der Waals surface area (Å²) < 4.78 is 5.47. The number of nitrogens with one attached hydrogen (secondary N) is 1. The lowest BCUT2D eigenvalue weighted by Gasteiger charge is -2.15. The summed E-state index contributed by atoms with van der Waals surface area (Å²) in [5, 5.41) is 15.2. The van der Waals surface area contributed by atoms with E-state index in [0.717, 1.165) is 11.8 Å². The number of benzene rings is 1. The second-order valence-electron chi connectivity index (χ2n) is 4.49. The molecule has 4 N–H and O–H groups in total. The molecule has 0 bridgehead atoms. The minimum absolute atomic E-state index is 0.0173. The van der Waals surface area contributed by atoms with Crippen molar-refractivity contribution in [3.05, 3.63) is 36.1 Å². The third-order valence-corrected chi connectivity index (χ3v) is 3.00. The predicted octanol–water partition coefficient (Wildman–Crippen LogP) is 2.08. The summed E-state index contributed by atoms with van der Waals surface area (Å²) in [5.74, 6) is -0.194. The molecule has 0 saturated heterocycles. The van der Waals surface area contributed by atoms with E-state index in [1.54, 1.807) is 12.1 Å². The largest absolute Gasteiger partial charge is 0.451 e. The molecule has 1 heterocycles. The Morgan fingerprint density at radius 2 is 2.25 bits per heavy atom. The van der Waals surface area contributed by atoms with Crippen molar-refractivity contribution in [2.75, 3.05) is 0 Å². The van der Waals surface area contributed by atoms with Crippen LogP contribution in [-0.2, 0) is 0 Å². The van der Waals surface area contributed by atoms with Crippen LogP contribution in [0.4, 0.5) is 0 Å². The van der Waals surface area contributed by atoms with Gasteiger partial charge in [-0.25, -0.2) is 0 Å². The number of oxime groups is 1. The van der Waals surface area contributed by atoms with E-state index in [-0.39, 0.29) is 17.5 Å². The van der Waals surface area contributed by atoms with E-state index in [1.807, 2.05) is 25.1 Å². The summed E-state index contributed by atoms with van der Waals surface area (Å²) in [4.78, 5) is 12.1. The molecule has 2 rings (SSSR count). The van der Waals surface area contributed by atoms with Crippen molar-refractivity contribution in [3.63, 3.8) is 0 Å². The summed E-state index contributed by atoms with van der Waals surface area (Å²) >= 11 is 0. The monoisotopic (exact) mass is 275 g/mol. The molecular formula is C14H17N3O3. The van der Waals surface area contributed by atoms with Crippen LogP contribution in [0.15, 0.2) is 39.9 Å². The fraction of sp³-hybridized carbons (Fsp3) is 0.286. The molecule has 1 aromatic heterocycles. The van der Waals surface area contributed by atoms with Gasteiger partial charge in [0.15, 0.2) is 11.6 Å². The minimum Gasteiger partial charge on any atom is -0.451 e. The topological polar surface area (TPSA) is 101 Å². The van der Waals surface area contributed by atoms with Gasteiger partial charge in [-0.3, -0.25) is 4.79 Å². The molecule has 0 aliphatic heterocycles. The van der Waals surface area contributed by atoms with E-state index < -0.39 is 6.04 Å². The molecule has 0 spiro atoms. The molecule has 1 atom stereocenters. The quantitative estimate of drug-likeness (QED) is 0.336. The predicted molar refractivity (Wildman–Crippen MR) is 75.8 cm³/mol. The molecule has 0 saturated carbocycles. The van der Waals surface area contributed by atoms with E-state index in [0.29, 0.717) is 12.0 Å². The maximum Gasteiger partial charge on any atom is 0.287 e. The molecule has 2 aromatic rings. The summed E-state index contributed by atoms with van der Waals surface area (Å²) in [6, 6.07) is 8.52. The first-order valence-corrected chi connectivity index (χ1v) is 6.42. The van der Waals surface area contributed by atoms with Crippen LogP contribution in [0.3, 0.4) is 0 Å². The van der Waals surface area contributed by atoms with Crippen molar-refractivity contribution in [1.29, 1.82) is 0 Å². The van der Waals surface area contributed by atoms with E-state index in [4.69, 9.17) is 15.4 Å². The molecule has 1 amide bonds. The molecule has 0 radical (unpaired) electrons. The van der Waals surface area contributed by atoms with Crippen LogP contribution in [0.25, 0.3) is 11.0 Å². The molecule has 0 aliphatic rings. The van der Waals surface area contributed by atoms with Crippen LogP contribution in [0.5, 0.6) is 0 Å². The van der Waals surface area contributed by atoms with Gasteiger partial charge in [-0.15, -0.1) is 0 Å². The van der Waals surface area contributed by atoms with E-state index >= 15 is 0 Å². The SMILES string of the molecule is CCCC(NC(=O)c1cc2ccccc2o1)/C(N)=N/O. The van der Waals surface area contributed by atoms with Crippen molar-refractivity contribution in [2.45, 2.75) is 25.8 Å². The van der Waals surface area contributed by atoms with E-state index in [9.17, 15) is 4.79 Å². The second kappa shape index (κ2) is 6.10. The highest BCUT2D eigenvalue weighted by atomic mass is 16.4. The lowest BCUT2D eigenvalue weighted by molar-refractivity contribution is 0.0919. The number of rotatable bonds is 5. The molecule has 0 aliphatic carbocycles. The molecule has 1 aromatic carbocycles. The minimum atomic E-state index is -0.509. The molecule has 106 valence electrons. The average Bonchev–Trinajstić information content (AvgIpc) is 2.90. The zero-order valence-corrected chi connectivity index (χ0v) is 11.2. The summed E-state index contributed by atoms with van der Waals surface area (Å²) in [7, 11) is 0. The molecular weight excluding hydrogens is 258 g/mol. The number of hydrogen-bond acceptors (Lipinski definition) is 4. The van der Waals surface area contributed by atoms with Gasteiger partial charge in [-0.05, 0) is 18.6 Å². The van der Waals surface area contributed by atoms with Crippen LogP contribution in [-0.4, -0.2) is 23.0 Å². The smallest absolute Gasteiger partial charge is 0.287 e. The Balaban J connectivity index is 2.17. The van der Waals surface area contributed by atoms with Gasteiger partial charge < -0.3 is 20.7 Å². The normalized spacial score (nSPS) is 13.3. The molecule has 1 unspecified atom stereocenters. The van der Waals surface area contributed by atoms with Crippen molar-refractivity contribution < 1.29 is 14.4 Å². The van der Waals surface area contributed by atoms with Crippen molar-refractivity contribution in [1.82, 2.24) is 5.32 Å². The maximum absolute atomic E-state index is 12.1. The number of carbonyl (C=O) groups is 1. The fourth-order valence-corrected chi connectivity index (χ4v) is 1.98. The number of amidine groups is 1. The Hall–Kier alpha value is -2.50. The Labute approximate surface area is 116 Å². The summed E-state index contributed by atoms with van der Waals surface area (Å²) in [6.45, 7) is 1.95. The third kappa shape index (κ3) is 2.90. The Morgan fingerprint density at radius 3 is 2.90 bits per heavy atom. The van der Waals surface area contributed by atoms with Gasteiger partial charge >= 0.3 is 0 Å². The first kappa shape index (κ1) is 13.9. The zero-order chi connectivity index (χ0) is 14.5.